The number of ether oxygens (including phenoxy) is 2. The van der Waals surface area contributed by atoms with E-state index in [9.17, 15) is 0 Å². The molecule has 0 aromatic carbocycles. The standard InChI is InChI=1S/C10H19N5O2/c1-15-8(7-12-14-15)9(13-11)10(16-2)3-5-17-6-4-10/h7,9,13H,3-6,11H2,1-2H3. The van der Waals surface area contributed by atoms with Gasteiger partial charge < -0.3 is 9.47 Å². The Bertz CT molecular complexity index is 361. The molecule has 1 atom stereocenters. The second-order valence-electron chi connectivity index (χ2n) is 4.26. The lowest BCUT2D eigenvalue weighted by Gasteiger charge is -2.41. The highest BCUT2D eigenvalue weighted by Crippen LogP contribution is 2.36. The topological polar surface area (TPSA) is 87.2 Å². The molecule has 7 heteroatoms. The Hall–Kier alpha value is -1.02. The van der Waals surface area contributed by atoms with Crippen LogP contribution in [-0.4, -0.2) is 40.9 Å². The van der Waals surface area contributed by atoms with Crippen LogP contribution in [0, 0.1) is 0 Å². The van der Waals surface area contributed by atoms with Crippen molar-refractivity contribution >= 4 is 0 Å². The monoisotopic (exact) mass is 241 g/mol. The zero-order valence-corrected chi connectivity index (χ0v) is 10.2. The van der Waals surface area contributed by atoms with Crippen molar-refractivity contribution in [3.05, 3.63) is 11.9 Å². The van der Waals surface area contributed by atoms with Crippen molar-refractivity contribution in [2.24, 2.45) is 12.9 Å². The SMILES string of the molecule is COC1(C(NN)c2cnnn2C)CCOCC1. The van der Waals surface area contributed by atoms with Crippen LogP contribution in [0.5, 0.6) is 0 Å². The molecule has 0 spiro atoms. The van der Waals surface area contributed by atoms with E-state index in [0.29, 0.717) is 13.2 Å². The average Bonchev–Trinajstić information content (AvgIpc) is 2.78. The normalized spacial score (nSPS) is 21.4. The number of hydrazine groups is 1. The highest BCUT2D eigenvalue weighted by Gasteiger charge is 2.42. The maximum Gasteiger partial charge on any atom is 0.0945 e. The summed E-state index contributed by atoms with van der Waals surface area (Å²) in [5.74, 6) is 5.68. The number of nitrogens with two attached hydrogens (primary N) is 1. The summed E-state index contributed by atoms with van der Waals surface area (Å²) in [6.45, 7) is 1.36. The van der Waals surface area contributed by atoms with Crippen molar-refractivity contribution in [2.45, 2.75) is 24.5 Å². The number of methoxy groups -OCH3 is 1. The Morgan fingerprint density at radius 1 is 1.59 bits per heavy atom. The second kappa shape index (κ2) is 5.09. The maximum atomic E-state index is 5.72. The smallest absolute Gasteiger partial charge is 0.0945 e. The first-order valence-corrected chi connectivity index (χ1v) is 5.67. The Morgan fingerprint density at radius 2 is 2.29 bits per heavy atom. The number of nitrogens with zero attached hydrogens (tertiary/aromatic N) is 3. The van der Waals surface area contributed by atoms with Crippen LogP contribution in [0.1, 0.15) is 24.6 Å². The van der Waals surface area contributed by atoms with Crippen LogP contribution in [-0.2, 0) is 16.5 Å². The van der Waals surface area contributed by atoms with Crippen molar-refractivity contribution in [2.75, 3.05) is 20.3 Å². The molecule has 0 bridgehead atoms. The fourth-order valence-corrected chi connectivity index (χ4v) is 2.39. The molecule has 1 aliphatic rings. The molecular weight excluding hydrogens is 222 g/mol. The summed E-state index contributed by atoms with van der Waals surface area (Å²) >= 11 is 0. The molecular formula is C10H19N5O2. The van der Waals surface area contributed by atoms with Gasteiger partial charge in [0.25, 0.3) is 0 Å². The third-order valence-electron chi connectivity index (χ3n) is 3.48. The number of rotatable bonds is 4. The fourth-order valence-electron chi connectivity index (χ4n) is 2.39. The molecule has 2 heterocycles. The number of hydrogen-bond acceptors (Lipinski definition) is 6. The molecule has 1 fully saturated rings. The Morgan fingerprint density at radius 3 is 2.76 bits per heavy atom. The van der Waals surface area contributed by atoms with Crippen LogP contribution in [0.15, 0.2) is 6.20 Å². The Balaban J connectivity index is 2.29. The van der Waals surface area contributed by atoms with Gasteiger partial charge in [0, 0.05) is 40.2 Å². The molecule has 0 aliphatic carbocycles. The molecule has 1 unspecified atom stereocenters. The average molecular weight is 241 g/mol. The zero-order valence-electron chi connectivity index (χ0n) is 10.2. The van der Waals surface area contributed by atoms with E-state index in [4.69, 9.17) is 15.3 Å². The summed E-state index contributed by atoms with van der Waals surface area (Å²) in [5, 5.41) is 7.81. The highest BCUT2D eigenvalue weighted by atomic mass is 16.5. The molecule has 2 rings (SSSR count). The molecule has 1 aromatic heterocycles. The molecule has 1 aliphatic heterocycles. The predicted octanol–water partition coefficient (Wildman–Crippen LogP) is -0.485. The van der Waals surface area contributed by atoms with Crippen LogP contribution in [0.25, 0.3) is 0 Å². The van der Waals surface area contributed by atoms with Gasteiger partial charge >= 0.3 is 0 Å². The number of hydrogen-bond donors (Lipinski definition) is 2. The van der Waals surface area contributed by atoms with E-state index >= 15 is 0 Å². The third-order valence-corrected chi connectivity index (χ3v) is 3.48. The Kier molecular flexibility index (Phi) is 3.72. The van der Waals surface area contributed by atoms with Gasteiger partial charge in [-0.15, -0.1) is 5.10 Å². The summed E-state index contributed by atoms with van der Waals surface area (Å²) in [7, 11) is 3.55. The third kappa shape index (κ3) is 2.19. The predicted molar refractivity (Wildman–Crippen MR) is 60.9 cm³/mol. The molecule has 3 N–H and O–H groups in total. The van der Waals surface area contributed by atoms with Crippen LogP contribution < -0.4 is 11.3 Å². The summed E-state index contributed by atoms with van der Waals surface area (Å²) in [5.41, 5.74) is 3.38. The van der Waals surface area contributed by atoms with Crippen molar-refractivity contribution in [1.82, 2.24) is 20.4 Å². The molecule has 0 saturated carbocycles. The molecule has 0 radical (unpaired) electrons. The van der Waals surface area contributed by atoms with E-state index in [1.807, 2.05) is 7.05 Å². The number of nitrogens with one attached hydrogen (secondary N) is 1. The van der Waals surface area contributed by atoms with Crippen LogP contribution >= 0.6 is 0 Å². The van der Waals surface area contributed by atoms with Gasteiger partial charge in [-0.25, -0.2) is 5.43 Å². The van der Waals surface area contributed by atoms with Crippen LogP contribution in [0.2, 0.25) is 0 Å². The van der Waals surface area contributed by atoms with E-state index < -0.39 is 0 Å². The highest BCUT2D eigenvalue weighted by molar-refractivity contribution is 5.10. The summed E-state index contributed by atoms with van der Waals surface area (Å²) in [4.78, 5) is 0. The van der Waals surface area contributed by atoms with Gasteiger partial charge in [-0.05, 0) is 0 Å². The first-order chi connectivity index (χ1) is 8.23. The summed E-state index contributed by atoms with van der Waals surface area (Å²) < 4.78 is 12.8. The first-order valence-electron chi connectivity index (χ1n) is 5.67. The lowest BCUT2D eigenvalue weighted by atomic mass is 9.84. The van der Waals surface area contributed by atoms with E-state index in [0.717, 1.165) is 18.5 Å². The molecule has 17 heavy (non-hydrogen) atoms. The quantitative estimate of drug-likeness (QED) is 0.546. The fraction of sp³-hybridized carbons (Fsp3) is 0.800. The van der Waals surface area contributed by atoms with Crippen LogP contribution in [0.4, 0.5) is 0 Å². The number of aryl methyl sites for hydroxylation is 1. The minimum Gasteiger partial charge on any atom is -0.381 e. The van der Waals surface area contributed by atoms with E-state index in [1.54, 1.807) is 18.0 Å². The van der Waals surface area contributed by atoms with Gasteiger partial charge in [-0.2, -0.15) is 0 Å². The van der Waals surface area contributed by atoms with Crippen molar-refractivity contribution in [3.63, 3.8) is 0 Å². The van der Waals surface area contributed by atoms with E-state index in [1.165, 1.54) is 0 Å². The van der Waals surface area contributed by atoms with Crippen molar-refractivity contribution in [1.29, 1.82) is 0 Å². The molecule has 1 aromatic rings. The lowest BCUT2D eigenvalue weighted by Crippen LogP contribution is -2.51. The van der Waals surface area contributed by atoms with Crippen LogP contribution in [0.3, 0.4) is 0 Å². The van der Waals surface area contributed by atoms with E-state index in [-0.39, 0.29) is 11.6 Å². The minimum absolute atomic E-state index is 0.142. The summed E-state index contributed by atoms with van der Waals surface area (Å²) in [6, 6.07) is -0.142. The van der Waals surface area contributed by atoms with Crippen molar-refractivity contribution in [3.8, 4) is 0 Å². The van der Waals surface area contributed by atoms with Gasteiger partial charge in [0.15, 0.2) is 0 Å². The van der Waals surface area contributed by atoms with Gasteiger partial charge in [0.05, 0.1) is 23.5 Å². The number of aromatic nitrogens is 3. The Labute approximate surface area is 100 Å². The first kappa shape index (κ1) is 12.4. The largest absolute Gasteiger partial charge is 0.381 e. The van der Waals surface area contributed by atoms with Gasteiger partial charge in [0.1, 0.15) is 0 Å². The molecule has 1 saturated heterocycles. The minimum atomic E-state index is -0.359. The maximum absolute atomic E-state index is 5.72. The van der Waals surface area contributed by atoms with Gasteiger partial charge in [0.2, 0.25) is 0 Å². The van der Waals surface area contributed by atoms with E-state index in [2.05, 4.69) is 15.7 Å². The summed E-state index contributed by atoms with van der Waals surface area (Å²) in [6.07, 6.45) is 3.30. The van der Waals surface area contributed by atoms with Crippen molar-refractivity contribution < 1.29 is 9.47 Å². The lowest BCUT2D eigenvalue weighted by molar-refractivity contribution is -0.113. The van der Waals surface area contributed by atoms with Gasteiger partial charge in [-0.3, -0.25) is 10.5 Å². The van der Waals surface area contributed by atoms with Gasteiger partial charge in [-0.1, -0.05) is 5.21 Å². The molecule has 7 nitrogen and oxygen atoms in total. The second-order valence-corrected chi connectivity index (χ2v) is 4.26. The molecule has 0 amide bonds. The molecule has 96 valence electrons. The zero-order chi connectivity index (χ0) is 12.3.